The second-order valence-electron chi connectivity index (χ2n) is 7.23. The minimum Gasteiger partial charge on any atom is -0.452 e. The van der Waals surface area contributed by atoms with Gasteiger partial charge in [-0.15, -0.1) is 0 Å². The van der Waals surface area contributed by atoms with E-state index in [1.165, 1.54) is 13.0 Å². The normalized spacial score (nSPS) is 18.1. The molecule has 2 aromatic carbocycles. The molecule has 6 nitrogen and oxygen atoms in total. The van der Waals surface area contributed by atoms with E-state index in [2.05, 4.69) is 5.32 Å². The van der Waals surface area contributed by atoms with Gasteiger partial charge in [-0.3, -0.25) is 14.4 Å². The number of anilines is 1. The van der Waals surface area contributed by atoms with E-state index >= 15 is 0 Å². The monoisotopic (exact) mass is 416 g/mol. The summed E-state index contributed by atoms with van der Waals surface area (Å²) in [6.45, 7) is 3.46. The van der Waals surface area contributed by atoms with E-state index in [0.717, 1.165) is 17.7 Å². The van der Waals surface area contributed by atoms with Gasteiger partial charge in [0.05, 0.1) is 12.0 Å². The number of esters is 1. The van der Waals surface area contributed by atoms with Crippen molar-refractivity contribution in [3.8, 4) is 0 Å². The number of likely N-dealkylation sites (tertiary alicyclic amines) is 1. The van der Waals surface area contributed by atoms with Gasteiger partial charge in [-0.05, 0) is 31.5 Å². The summed E-state index contributed by atoms with van der Waals surface area (Å²) in [5.41, 5.74) is 1.000. The van der Waals surface area contributed by atoms with Crippen LogP contribution in [0.5, 0.6) is 0 Å². The fraction of sp³-hybridized carbons (Fsp3) is 0.318. The molecule has 1 heterocycles. The zero-order valence-corrected chi connectivity index (χ0v) is 16.6. The molecule has 1 fully saturated rings. The molecule has 1 aliphatic heterocycles. The summed E-state index contributed by atoms with van der Waals surface area (Å²) in [5, 5.41) is 2.36. The molecule has 0 unspecified atom stereocenters. The predicted octanol–water partition coefficient (Wildman–Crippen LogP) is 3.44. The van der Waals surface area contributed by atoms with Gasteiger partial charge in [-0.2, -0.15) is 0 Å². The van der Waals surface area contributed by atoms with Gasteiger partial charge in [-0.25, -0.2) is 8.78 Å². The van der Waals surface area contributed by atoms with Crippen LogP contribution in [0.4, 0.5) is 14.5 Å². The fourth-order valence-corrected chi connectivity index (χ4v) is 3.32. The molecule has 0 bridgehead atoms. The Hall–Kier alpha value is -3.29. The molecule has 2 amide bonds. The van der Waals surface area contributed by atoms with Crippen molar-refractivity contribution in [1.29, 1.82) is 0 Å². The molecule has 8 heteroatoms. The Morgan fingerprint density at radius 2 is 1.80 bits per heavy atom. The van der Waals surface area contributed by atoms with Crippen molar-refractivity contribution in [2.75, 3.05) is 11.9 Å². The van der Waals surface area contributed by atoms with E-state index in [-0.39, 0.29) is 30.6 Å². The number of ether oxygens (including phenoxy) is 1. The maximum absolute atomic E-state index is 13.3. The van der Waals surface area contributed by atoms with Crippen LogP contribution < -0.4 is 5.32 Å². The summed E-state index contributed by atoms with van der Waals surface area (Å²) in [6, 6.07) is 12.2. The van der Waals surface area contributed by atoms with Crippen LogP contribution in [-0.2, 0) is 19.1 Å². The van der Waals surface area contributed by atoms with E-state index in [4.69, 9.17) is 4.74 Å². The Morgan fingerprint density at radius 1 is 1.10 bits per heavy atom. The average molecular weight is 416 g/mol. The highest BCUT2D eigenvalue weighted by molar-refractivity contribution is 5.95. The van der Waals surface area contributed by atoms with Crippen LogP contribution in [0.25, 0.3) is 0 Å². The summed E-state index contributed by atoms with van der Waals surface area (Å²) in [4.78, 5) is 38.7. The van der Waals surface area contributed by atoms with E-state index in [9.17, 15) is 23.2 Å². The fourth-order valence-electron chi connectivity index (χ4n) is 3.32. The smallest absolute Gasteiger partial charge is 0.312 e. The lowest BCUT2D eigenvalue weighted by molar-refractivity contribution is -0.157. The molecule has 3 atom stereocenters. The number of carbonyl (C=O) groups is 3. The molecule has 1 N–H and O–H groups in total. The Balaban J connectivity index is 1.56. The lowest BCUT2D eigenvalue weighted by atomic mass is 10.1. The second kappa shape index (κ2) is 9.02. The molecule has 0 saturated carbocycles. The first-order valence-electron chi connectivity index (χ1n) is 9.57. The topological polar surface area (TPSA) is 75.7 Å². The first-order chi connectivity index (χ1) is 14.3. The van der Waals surface area contributed by atoms with Crippen LogP contribution in [0.2, 0.25) is 0 Å². The highest BCUT2D eigenvalue weighted by Crippen LogP contribution is 2.29. The quantitative estimate of drug-likeness (QED) is 0.732. The zero-order chi connectivity index (χ0) is 21.8. The van der Waals surface area contributed by atoms with Gasteiger partial charge in [0.15, 0.2) is 17.7 Å². The number of nitrogens with one attached hydrogen (secondary N) is 1. The molecule has 158 valence electrons. The molecule has 0 spiro atoms. The first kappa shape index (κ1) is 21.4. The molecular formula is C22H22F2N2O4. The minimum absolute atomic E-state index is 0.00746. The van der Waals surface area contributed by atoms with Crippen molar-refractivity contribution in [2.24, 2.45) is 5.92 Å². The molecular weight excluding hydrogens is 394 g/mol. The average Bonchev–Trinajstić information content (AvgIpc) is 3.12. The van der Waals surface area contributed by atoms with Crippen LogP contribution in [-0.4, -0.2) is 35.3 Å². The van der Waals surface area contributed by atoms with Crippen LogP contribution in [0, 0.1) is 17.6 Å². The number of halogens is 2. The SMILES string of the molecule is C[C@H](OC(=O)[C@@H]1CC(=O)N([C@@H](C)c2ccccc2)C1)C(=O)Nc1ccc(F)c(F)c1. The third kappa shape index (κ3) is 4.82. The van der Waals surface area contributed by atoms with Gasteiger partial charge < -0.3 is 15.0 Å². The summed E-state index contributed by atoms with van der Waals surface area (Å²) in [5.74, 6) is -4.32. The Kier molecular flexibility index (Phi) is 6.44. The standard InChI is InChI=1S/C22H22F2N2O4/c1-13(15-6-4-3-5-7-15)26-12-16(10-20(26)27)22(29)30-14(2)21(28)25-17-8-9-18(23)19(24)11-17/h3-9,11,13-14,16H,10,12H2,1-2H3,(H,25,28)/t13-,14-,16+/m0/s1. The van der Waals surface area contributed by atoms with E-state index in [1.807, 2.05) is 37.3 Å². The maximum atomic E-state index is 13.3. The molecule has 0 aliphatic carbocycles. The van der Waals surface area contributed by atoms with Gasteiger partial charge in [0.2, 0.25) is 5.91 Å². The van der Waals surface area contributed by atoms with Gasteiger partial charge in [0, 0.05) is 24.7 Å². The highest BCUT2D eigenvalue weighted by Gasteiger charge is 2.38. The van der Waals surface area contributed by atoms with E-state index < -0.39 is 35.5 Å². The summed E-state index contributed by atoms with van der Waals surface area (Å²) >= 11 is 0. The second-order valence-corrected chi connectivity index (χ2v) is 7.23. The van der Waals surface area contributed by atoms with Crippen molar-refractivity contribution >= 4 is 23.5 Å². The van der Waals surface area contributed by atoms with E-state index in [1.54, 1.807) is 4.90 Å². The van der Waals surface area contributed by atoms with E-state index in [0.29, 0.717) is 0 Å². The summed E-state index contributed by atoms with van der Waals surface area (Å²) in [7, 11) is 0. The van der Waals surface area contributed by atoms with Crippen molar-refractivity contribution in [3.63, 3.8) is 0 Å². The van der Waals surface area contributed by atoms with Crippen LogP contribution in [0.15, 0.2) is 48.5 Å². The molecule has 1 aliphatic rings. The first-order valence-corrected chi connectivity index (χ1v) is 9.57. The number of carbonyl (C=O) groups excluding carboxylic acids is 3. The van der Waals surface area contributed by atoms with Crippen molar-refractivity contribution < 1.29 is 27.9 Å². The molecule has 1 saturated heterocycles. The van der Waals surface area contributed by atoms with Crippen molar-refractivity contribution in [1.82, 2.24) is 4.90 Å². The summed E-state index contributed by atoms with van der Waals surface area (Å²) < 4.78 is 31.4. The van der Waals surface area contributed by atoms with Gasteiger partial charge in [0.25, 0.3) is 5.91 Å². The third-order valence-electron chi connectivity index (χ3n) is 5.09. The van der Waals surface area contributed by atoms with Crippen LogP contribution >= 0.6 is 0 Å². The minimum atomic E-state index is -1.17. The largest absolute Gasteiger partial charge is 0.452 e. The number of hydrogen-bond acceptors (Lipinski definition) is 4. The number of amides is 2. The number of hydrogen-bond donors (Lipinski definition) is 1. The summed E-state index contributed by atoms with van der Waals surface area (Å²) in [6.07, 6.45) is -1.16. The third-order valence-corrected chi connectivity index (χ3v) is 5.09. The molecule has 0 radical (unpaired) electrons. The maximum Gasteiger partial charge on any atom is 0.312 e. The van der Waals surface area contributed by atoms with Crippen molar-refractivity contribution in [2.45, 2.75) is 32.4 Å². The van der Waals surface area contributed by atoms with Crippen LogP contribution in [0.1, 0.15) is 31.9 Å². The van der Waals surface area contributed by atoms with Crippen LogP contribution in [0.3, 0.4) is 0 Å². The lowest BCUT2D eigenvalue weighted by Crippen LogP contribution is -2.33. The lowest BCUT2D eigenvalue weighted by Gasteiger charge is -2.25. The number of rotatable bonds is 6. The Morgan fingerprint density at radius 3 is 2.47 bits per heavy atom. The van der Waals surface area contributed by atoms with Gasteiger partial charge >= 0.3 is 5.97 Å². The van der Waals surface area contributed by atoms with Crippen molar-refractivity contribution in [3.05, 3.63) is 65.7 Å². The Labute approximate surface area is 172 Å². The predicted molar refractivity (Wildman–Crippen MR) is 105 cm³/mol. The molecule has 3 rings (SSSR count). The highest BCUT2D eigenvalue weighted by atomic mass is 19.2. The molecule has 0 aromatic heterocycles. The molecule has 30 heavy (non-hydrogen) atoms. The Bertz CT molecular complexity index is 951. The molecule has 2 aromatic rings. The van der Waals surface area contributed by atoms with Gasteiger partial charge in [-0.1, -0.05) is 30.3 Å². The zero-order valence-electron chi connectivity index (χ0n) is 16.6. The van der Waals surface area contributed by atoms with Gasteiger partial charge in [0.1, 0.15) is 0 Å². The number of nitrogens with zero attached hydrogens (tertiary/aromatic N) is 1. The number of benzene rings is 2.